The molecule has 0 spiro atoms. The summed E-state index contributed by atoms with van der Waals surface area (Å²) in [6.07, 6.45) is 10.1. The van der Waals surface area contributed by atoms with E-state index in [0.29, 0.717) is 79.5 Å². The maximum atomic E-state index is 12.9. The van der Waals surface area contributed by atoms with Crippen LogP contribution in [0.1, 0.15) is 91.8 Å². The molecule has 0 aliphatic carbocycles. The summed E-state index contributed by atoms with van der Waals surface area (Å²) in [7, 11) is -1.76. The molecule has 0 unspecified atom stereocenters. The number of carbonyl (C=O) groups is 2. The number of alkyl halides is 1. The molecule has 0 atom stereocenters. The van der Waals surface area contributed by atoms with E-state index in [0.717, 1.165) is 133 Å². The van der Waals surface area contributed by atoms with Gasteiger partial charge in [-0.2, -0.15) is 19.2 Å². The number of rotatable bonds is 28. The van der Waals surface area contributed by atoms with Crippen LogP contribution < -0.4 is 9.80 Å². The third-order valence-electron chi connectivity index (χ3n) is 18.0. The van der Waals surface area contributed by atoms with Gasteiger partial charge in [0.05, 0.1) is 42.5 Å². The Balaban J connectivity index is 0.000000283. The summed E-state index contributed by atoms with van der Waals surface area (Å²) in [5, 5.41) is 9.84. The summed E-state index contributed by atoms with van der Waals surface area (Å²) in [5.74, 6) is 2.00. The predicted molar refractivity (Wildman–Crippen MR) is 456 cm³/mol. The van der Waals surface area contributed by atoms with Crippen LogP contribution in [0.3, 0.4) is 0 Å². The number of fused-ring (bicyclic) bond motifs is 2. The van der Waals surface area contributed by atoms with Gasteiger partial charge in [-0.3, -0.25) is 14.4 Å². The van der Waals surface area contributed by atoms with E-state index < -0.39 is 50.7 Å². The van der Waals surface area contributed by atoms with Gasteiger partial charge in [0.25, 0.3) is 0 Å². The third kappa shape index (κ3) is 28.0. The van der Waals surface area contributed by atoms with Crippen molar-refractivity contribution in [3.05, 3.63) is 132 Å². The Hall–Kier alpha value is -6.55. The second-order valence-corrected chi connectivity index (χ2v) is 57.9. The van der Waals surface area contributed by atoms with Crippen molar-refractivity contribution in [1.29, 1.82) is 0 Å². The molecule has 6 aromatic heterocycles. The Kier molecular flexibility index (Phi) is 32.7. The summed E-state index contributed by atoms with van der Waals surface area (Å²) in [4.78, 5) is 54.0. The van der Waals surface area contributed by atoms with Gasteiger partial charge in [-0.05, 0) is 119 Å². The Bertz CT molecular complexity index is 4090. The number of likely N-dealkylation sites (tertiary alicyclic amines) is 2. The van der Waals surface area contributed by atoms with Gasteiger partial charge in [-0.15, -0.1) is 0 Å². The van der Waals surface area contributed by atoms with Crippen molar-refractivity contribution in [3.8, 4) is 44.8 Å². The fourth-order valence-electron chi connectivity index (χ4n) is 11.9. The van der Waals surface area contributed by atoms with Gasteiger partial charge in [0.2, 0.25) is 0 Å². The van der Waals surface area contributed by atoms with E-state index in [1.165, 1.54) is 0 Å². The maximum absolute atomic E-state index is 12.9. The van der Waals surface area contributed by atoms with E-state index in [1.54, 1.807) is 0 Å². The molecule has 2 amide bonds. The van der Waals surface area contributed by atoms with Gasteiger partial charge in [-0.25, -0.2) is 19.6 Å². The molecule has 0 bridgehead atoms. The second kappa shape index (κ2) is 40.6. The number of pyridine rings is 2. The number of anilines is 2. The molecular weight excluding hydrogens is 1510 g/mol. The number of halogens is 2. The number of benzene rings is 2. The van der Waals surface area contributed by atoms with Gasteiger partial charge in [0.1, 0.15) is 43.9 Å². The van der Waals surface area contributed by atoms with Crippen molar-refractivity contribution in [1.82, 2.24) is 49.0 Å². The van der Waals surface area contributed by atoms with Crippen LogP contribution >= 0.6 is 28.7 Å². The molecule has 2 aliphatic rings. The molecule has 1 radical (unpaired) electrons. The van der Waals surface area contributed by atoms with Gasteiger partial charge < -0.3 is 48.0 Å². The molecular formula is C79H119BBrFN13O8SSi4. The van der Waals surface area contributed by atoms with E-state index in [4.69, 9.17) is 59.9 Å². The van der Waals surface area contributed by atoms with Gasteiger partial charge in [-0.1, -0.05) is 151 Å². The van der Waals surface area contributed by atoms with Crippen LogP contribution in [0.25, 0.3) is 56.1 Å². The van der Waals surface area contributed by atoms with Crippen LogP contribution in [-0.4, -0.2) is 199 Å². The molecule has 8 heterocycles. The summed E-state index contributed by atoms with van der Waals surface area (Å²) in [6, 6.07) is 35.1. The Labute approximate surface area is 662 Å². The number of thiol groups is 1. The summed E-state index contributed by atoms with van der Waals surface area (Å²) >= 11 is 7.22. The summed E-state index contributed by atoms with van der Waals surface area (Å²) in [5.41, 5.74) is 10.0. The molecule has 29 heteroatoms. The molecule has 2 aromatic carbocycles. The molecule has 2 fully saturated rings. The first-order valence-electron chi connectivity index (χ1n) is 38.2. The monoisotopic (exact) mass is 1630 g/mol. The fourth-order valence-corrected chi connectivity index (χ4v) is 15.7. The molecule has 0 N–H and O–H groups in total. The number of aromatic nitrogens is 8. The van der Waals surface area contributed by atoms with Gasteiger partial charge in [0.15, 0.2) is 17.1 Å². The van der Waals surface area contributed by atoms with Crippen molar-refractivity contribution in [2.24, 2.45) is 4.30 Å². The minimum atomic E-state index is -1.28. The van der Waals surface area contributed by atoms with Crippen LogP contribution in [0.15, 0.2) is 125 Å². The van der Waals surface area contributed by atoms with Crippen LogP contribution in [0, 0.1) is 0 Å². The first-order valence-corrected chi connectivity index (χ1v) is 53.6. The number of piperidine rings is 2. The fraction of sp³-hybridized carbons (Fsp3) is 0.544. The van der Waals surface area contributed by atoms with Crippen molar-refractivity contribution >= 4 is 104 Å². The van der Waals surface area contributed by atoms with Gasteiger partial charge in [0, 0.05) is 154 Å². The van der Waals surface area contributed by atoms with E-state index in [2.05, 4.69) is 178 Å². The van der Waals surface area contributed by atoms with Crippen molar-refractivity contribution in [3.63, 3.8) is 0 Å². The molecule has 21 nitrogen and oxygen atoms in total. The zero-order chi connectivity index (χ0) is 79.9. The second-order valence-electron chi connectivity index (χ2n) is 34.4. The first kappa shape index (κ1) is 87.0. The molecule has 8 aromatic rings. The zero-order valence-corrected chi connectivity index (χ0v) is 73.8. The SMILES string of the molecule is CC(C)(C)OC(=O)N1CCC(c2cc(N(COCC[Si](C)(C)C)COCC[Si](C)(C)C)n3ncc(-c4ccc(-c5ccccc5)nc4)c3n2)CC1.CC(C)(C)OC(=O)N1CCC(c2nc3c(-c4ccc(-c5ccccc5)nc4)cnn3c(N(COCC[Si](C)(C)C)COCC[Si](C)(C)C)c2Br)CC1.[2H]CF.[B]=NS. The van der Waals surface area contributed by atoms with E-state index >= 15 is 0 Å². The van der Waals surface area contributed by atoms with E-state index in [9.17, 15) is 14.0 Å². The normalized spacial score (nSPS) is 14.2. The Morgan fingerprint density at radius 2 is 0.917 bits per heavy atom. The molecule has 2 saturated heterocycles. The average Bonchev–Trinajstić information content (AvgIpc) is 1.66. The van der Waals surface area contributed by atoms with E-state index in [1.807, 2.05) is 128 Å². The Morgan fingerprint density at radius 1 is 0.556 bits per heavy atom. The summed E-state index contributed by atoms with van der Waals surface area (Å²) in [6.45, 7) is 46.5. The van der Waals surface area contributed by atoms with Crippen molar-refractivity contribution in [2.75, 3.05) is 96.5 Å². The molecule has 108 heavy (non-hydrogen) atoms. The number of carbonyl (C=O) groups excluding carboxylic acids is 2. The topological polar surface area (TPSA) is 201 Å². The first-order chi connectivity index (χ1) is 51.4. The Morgan fingerprint density at radius 3 is 1.28 bits per heavy atom. The van der Waals surface area contributed by atoms with Crippen molar-refractivity contribution in [2.45, 2.75) is 193 Å². The number of amides is 2. The van der Waals surface area contributed by atoms with Crippen LogP contribution in [0.2, 0.25) is 103 Å². The molecule has 10 rings (SSSR count). The molecule has 587 valence electrons. The molecule has 0 saturated carbocycles. The number of ether oxygens (including phenoxy) is 6. The zero-order valence-electron chi connectivity index (χ0n) is 68.3. The minimum absolute atomic E-state index is 0.112. The van der Waals surface area contributed by atoms with Gasteiger partial charge >= 0.3 is 36.9 Å². The van der Waals surface area contributed by atoms with E-state index in [-0.39, 0.29) is 24.0 Å². The third-order valence-corrected chi connectivity index (χ3v) is 25.6. The standard InChI is InChI=1S/C39H57BrN6O4Si2.C39H58N6O4Si2.CH3F.BHNS/c1-39(2,3)50-38(47)44-19-17-30(18-20-44)35-34(40)37(45(27-48-21-23-51(4,5)6)28-49-22-24-52(7,8)9)46-36(43-35)32(26-42-46)31-15-16-33(41-25-31)29-13-11-10-12-14-29;1-39(2,3)49-38(46)43-19-17-31(18-20-43)35-25-36(44(28-47-21-23-50(4,5)6)29-48-22-24-51(7,8)9)45-37(42-35)33(27-41-45)32-15-16-34(40-26-32)30-13-11-10-12-14-30;1-2;1-2-3/h10-16,25-26,30H,17-24,27-28H2,1-9H3;10-16,25-27,31H,17-24,28-29H2,1-9H3;1H3;3H/i;;1D;. The number of hydrogen-bond acceptors (Lipinski definition) is 18. The quantitative estimate of drug-likeness (QED) is 0.0210. The van der Waals surface area contributed by atoms with Crippen LogP contribution in [-0.2, 0) is 28.4 Å². The summed E-state index contributed by atoms with van der Waals surface area (Å²) < 4.78 is 59.7. The average molecular weight is 1630 g/mol. The molecule has 2 aliphatic heterocycles. The van der Waals surface area contributed by atoms with Crippen molar-refractivity contribution < 1.29 is 43.8 Å². The number of nitrogens with zero attached hydrogens (tertiary/aromatic N) is 13. The predicted octanol–water partition coefficient (Wildman–Crippen LogP) is 19.5. The van der Waals surface area contributed by atoms with Crippen LogP contribution in [0.4, 0.5) is 25.6 Å². The van der Waals surface area contributed by atoms with Crippen LogP contribution in [0.5, 0.6) is 0 Å². The number of hydrogen-bond donors (Lipinski definition) is 1.